The van der Waals surface area contributed by atoms with Gasteiger partial charge in [0.05, 0.1) is 6.54 Å². The number of para-hydroxylation sites is 1. The highest BCUT2D eigenvalue weighted by Crippen LogP contribution is 2.29. The summed E-state index contributed by atoms with van der Waals surface area (Å²) in [5.74, 6) is -2.78. The van der Waals surface area contributed by atoms with E-state index in [4.69, 9.17) is 4.74 Å². The molecule has 1 aliphatic rings. The maximum atomic E-state index is 12.4. The molecule has 2 N–H and O–H groups in total. The van der Waals surface area contributed by atoms with Crippen LogP contribution in [-0.4, -0.2) is 45.8 Å². The second-order valence-electron chi connectivity index (χ2n) is 5.41. The first-order valence-corrected chi connectivity index (χ1v) is 7.62. The Bertz CT molecular complexity index is 704. The van der Waals surface area contributed by atoms with E-state index in [9.17, 15) is 14.7 Å². The number of aliphatic hydroxyl groups is 1. The summed E-state index contributed by atoms with van der Waals surface area (Å²) in [4.78, 5) is 25.6. The van der Waals surface area contributed by atoms with E-state index in [-0.39, 0.29) is 19.5 Å². The normalized spacial score (nSPS) is 20.2. The Morgan fingerprint density at radius 3 is 2.83 bits per heavy atom. The van der Waals surface area contributed by atoms with Crippen LogP contribution in [0.1, 0.15) is 6.42 Å². The van der Waals surface area contributed by atoms with Gasteiger partial charge in [-0.1, -0.05) is 18.2 Å². The second-order valence-corrected chi connectivity index (χ2v) is 5.41. The molecule has 0 unspecified atom stereocenters. The molecule has 0 radical (unpaired) electrons. The fraction of sp³-hybridized carbons (Fsp3) is 0.312. The van der Waals surface area contributed by atoms with Crippen molar-refractivity contribution in [1.82, 2.24) is 15.1 Å². The average molecular weight is 330 g/mol. The molecule has 8 nitrogen and oxygen atoms in total. The minimum Gasteiger partial charge on any atom is -0.407 e. The average Bonchev–Trinajstić information content (AvgIpc) is 3.18. The lowest BCUT2D eigenvalue weighted by atomic mass is 10.2. The topological polar surface area (TPSA) is 96.7 Å². The van der Waals surface area contributed by atoms with E-state index in [1.165, 1.54) is 4.90 Å². The summed E-state index contributed by atoms with van der Waals surface area (Å²) in [5.41, 5.74) is 0.654. The molecule has 2 aromatic rings. The maximum absolute atomic E-state index is 12.4. The molecule has 2 amide bonds. The third kappa shape index (κ3) is 3.38. The molecule has 3 rings (SSSR count). The zero-order chi connectivity index (χ0) is 17.0. The van der Waals surface area contributed by atoms with Crippen molar-refractivity contribution in [1.29, 1.82) is 0 Å². The number of hydrogen-bond donors (Lipinski definition) is 2. The van der Waals surface area contributed by atoms with Crippen LogP contribution in [0, 0.1) is 0 Å². The van der Waals surface area contributed by atoms with E-state index in [2.05, 4.69) is 10.4 Å². The highest BCUT2D eigenvalue weighted by atomic mass is 16.7. The molecule has 8 heteroatoms. The summed E-state index contributed by atoms with van der Waals surface area (Å²) < 4.78 is 6.61. The molecule has 126 valence electrons. The SMILES string of the molecule is O=C(NCCn1cccn1)O[C@@]1(O)CCN(c2ccccc2)C1=O. The van der Waals surface area contributed by atoms with Crippen LogP contribution < -0.4 is 10.2 Å². The zero-order valence-electron chi connectivity index (χ0n) is 13.0. The van der Waals surface area contributed by atoms with Crippen LogP contribution >= 0.6 is 0 Å². The van der Waals surface area contributed by atoms with Crippen LogP contribution in [0.2, 0.25) is 0 Å². The van der Waals surface area contributed by atoms with Gasteiger partial charge in [-0.3, -0.25) is 9.48 Å². The zero-order valence-corrected chi connectivity index (χ0v) is 13.0. The lowest BCUT2D eigenvalue weighted by molar-refractivity contribution is -0.175. The van der Waals surface area contributed by atoms with Gasteiger partial charge in [-0.15, -0.1) is 0 Å². The molecule has 0 bridgehead atoms. The monoisotopic (exact) mass is 330 g/mol. The van der Waals surface area contributed by atoms with Crippen molar-refractivity contribution < 1.29 is 19.4 Å². The van der Waals surface area contributed by atoms with E-state index in [0.717, 1.165) is 0 Å². The van der Waals surface area contributed by atoms with Crippen LogP contribution in [0.3, 0.4) is 0 Å². The quantitative estimate of drug-likeness (QED) is 0.788. The summed E-state index contributed by atoms with van der Waals surface area (Å²) >= 11 is 0. The fourth-order valence-corrected chi connectivity index (χ4v) is 2.53. The van der Waals surface area contributed by atoms with Gasteiger partial charge < -0.3 is 20.1 Å². The van der Waals surface area contributed by atoms with Gasteiger partial charge in [0.15, 0.2) is 0 Å². The van der Waals surface area contributed by atoms with Crippen molar-refractivity contribution in [3.05, 3.63) is 48.8 Å². The van der Waals surface area contributed by atoms with Gasteiger partial charge in [0, 0.05) is 37.6 Å². The first-order chi connectivity index (χ1) is 11.6. The van der Waals surface area contributed by atoms with Crippen LogP contribution in [0.4, 0.5) is 10.5 Å². The maximum Gasteiger partial charge on any atom is 0.410 e. The van der Waals surface area contributed by atoms with Gasteiger partial charge in [-0.2, -0.15) is 5.10 Å². The van der Waals surface area contributed by atoms with Crippen LogP contribution in [-0.2, 0) is 16.1 Å². The Morgan fingerprint density at radius 1 is 1.33 bits per heavy atom. The van der Waals surface area contributed by atoms with E-state index < -0.39 is 17.8 Å². The standard InChI is InChI=1S/C16H18N4O4/c21-14-16(23,7-11-20(14)13-5-2-1-3-6-13)24-15(22)17-9-12-19-10-4-8-18-19/h1-6,8,10,23H,7,9,11-12H2,(H,17,22)/t16-/m0/s1. The van der Waals surface area contributed by atoms with Crippen molar-refractivity contribution in [3.8, 4) is 0 Å². The molecule has 0 saturated carbocycles. The number of ether oxygens (including phenoxy) is 1. The lowest BCUT2D eigenvalue weighted by Crippen LogP contribution is -2.46. The highest BCUT2D eigenvalue weighted by Gasteiger charge is 2.49. The lowest BCUT2D eigenvalue weighted by Gasteiger charge is -2.22. The van der Waals surface area contributed by atoms with Gasteiger partial charge in [0.1, 0.15) is 0 Å². The fourth-order valence-electron chi connectivity index (χ4n) is 2.53. The molecule has 0 aliphatic carbocycles. The van der Waals surface area contributed by atoms with Gasteiger partial charge in [0.2, 0.25) is 0 Å². The minimum absolute atomic E-state index is 0.0211. The largest absolute Gasteiger partial charge is 0.410 e. The Balaban J connectivity index is 1.54. The molecule has 1 aromatic carbocycles. The molecule has 1 aliphatic heterocycles. The Hall–Kier alpha value is -2.87. The second kappa shape index (κ2) is 6.71. The van der Waals surface area contributed by atoms with Crippen LogP contribution in [0.25, 0.3) is 0 Å². The summed E-state index contributed by atoms with van der Waals surface area (Å²) in [6.45, 7) is 1.01. The third-order valence-corrected chi connectivity index (χ3v) is 3.75. The molecule has 24 heavy (non-hydrogen) atoms. The number of benzene rings is 1. The van der Waals surface area contributed by atoms with Crippen molar-refractivity contribution in [2.75, 3.05) is 18.0 Å². The van der Waals surface area contributed by atoms with Crippen LogP contribution in [0.15, 0.2) is 48.8 Å². The molecule has 0 spiro atoms. The number of carbonyl (C=O) groups is 2. The van der Waals surface area contributed by atoms with Crippen molar-refractivity contribution in [3.63, 3.8) is 0 Å². The highest BCUT2D eigenvalue weighted by molar-refractivity contribution is 6.01. The van der Waals surface area contributed by atoms with Gasteiger partial charge in [-0.05, 0) is 18.2 Å². The Morgan fingerprint density at radius 2 is 2.12 bits per heavy atom. The number of anilines is 1. The Kier molecular flexibility index (Phi) is 4.48. The number of nitrogens with one attached hydrogen (secondary N) is 1. The van der Waals surface area contributed by atoms with E-state index in [1.54, 1.807) is 47.4 Å². The van der Waals surface area contributed by atoms with Crippen molar-refractivity contribution in [2.24, 2.45) is 0 Å². The molecular formula is C16H18N4O4. The van der Waals surface area contributed by atoms with Gasteiger partial charge >= 0.3 is 6.09 Å². The summed E-state index contributed by atoms with van der Waals surface area (Å²) in [7, 11) is 0. The number of amides is 2. The summed E-state index contributed by atoms with van der Waals surface area (Å²) in [6, 6.07) is 10.7. The van der Waals surface area contributed by atoms with Crippen LogP contribution in [0.5, 0.6) is 0 Å². The molecule has 1 saturated heterocycles. The molecule has 1 aromatic heterocycles. The van der Waals surface area contributed by atoms with E-state index in [0.29, 0.717) is 12.2 Å². The predicted molar refractivity (Wildman–Crippen MR) is 85.1 cm³/mol. The van der Waals surface area contributed by atoms with E-state index in [1.807, 2.05) is 6.07 Å². The van der Waals surface area contributed by atoms with Gasteiger partial charge in [-0.25, -0.2) is 4.79 Å². The van der Waals surface area contributed by atoms with Crippen molar-refractivity contribution in [2.45, 2.75) is 18.8 Å². The first kappa shape index (κ1) is 16.0. The number of carbonyl (C=O) groups excluding carboxylic acids is 2. The number of hydrogen-bond acceptors (Lipinski definition) is 5. The summed E-state index contributed by atoms with van der Waals surface area (Å²) in [6.07, 6.45) is 2.58. The molecular weight excluding hydrogens is 312 g/mol. The predicted octanol–water partition coefficient (Wildman–Crippen LogP) is 0.735. The van der Waals surface area contributed by atoms with E-state index >= 15 is 0 Å². The molecule has 2 heterocycles. The number of alkyl carbamates (subject to hydrolysis) is 1. The molecule has 1 fully saturated rings. The minimum atomic E-state index is -2.13. The van der Waals surface area contributed by atoms with Crippen molar-refractivity contribution >= 4 is 17.7 Å². The van der Waals surface area contributed by atoms with Gasteiger partial charge in [0.25, 0.3) is 11.7 Å². The molecule has 1 atom stereocenters. The first-order valence-electron chi connectivity index (χ1n) is 7.62. The number of nitrogens with zero attached hydrogens (tertiary/aromatic N) is 3. The smallest absolute Gasteiger partial charge is 0.407 e. The number of rotatable bonds is 5. The summed E-state index contributed by atoms with van der Waals surface area (Å²) in [5, 5.41) is 16.8. The number of aromatic nitrogens is 2. The third-order valence-electron chi connectivity index (χ3n) is 3.75. The Labute approximate surface area is 138 Å².